The van der Waals surface area contributed by atoms with Crippen molar-refractivity contribution in [3.05, 3.63) is 34.3 Å². The molecule has 1 aromatic rings. The molecule has 1 saturated heterocycles. The van der Waals surface area contributed by atoms with Gasteiger partial charge in [0, 0.05) is 17.6 Å². The molecule has 0 spiro atoms. The summed E-state index contributed by atoms with van der Waals surface area (Å²) in [7, 11) is 0. The molecule has 2 rings (SSSR count). The van der Waals surface area contributed by atoms with Crippen LogP contribution in [0.3, 0.4) is 0 Å². The van der Waals surface area contributed by atoms with Crippen LogP contribution in [0.4, 0.5) is 0 Å². The highest BCUT2D eigenvalue weighted by atomic mass is 79.9. The number of aliphatic hydroxyl groups excluding tert-OH is 1. The molecule has 1 aliphatic heterocycles. The largest absolute Gasteiger partial charge is 0.391 e. The van der Waals surface area contributed by atoms with Crippen LogP contribution in [0.15, 0.2) is 28.7 Å². The van der Waals surface area contributed by atoms with Crippen LogP contribution in [0.1, 0.15) is 16.8 Å². The fraction of sp³-hybridized carbons (Fsp3) is 0.385. The summed E-state index contributed by atoms with van der Waals surface area (Å²) in [5.74, 6) is -0.461. The molecule has 102 valence electrons. The van der Waals surface area contributed by atoms with E-state index < -0.39 is 6.10 Å². The maximum atomic E-state index is 11.9. The second kappa shape index (κ2) is 6.16. The van der Waals surface area contributed by atoms with E-state index in [1.807, 2.05) is 6.07 Å². The molecule has 1 heterocycles. The molecule has 5 nitrogen and oxygen atoms in total. The average Bonchev–Trinajstić information content (AvgIpc) is 2.83. The molecule has 0 aromatic heterocycles. The van der Waals surface area contributed by atoms with E-state index >= 15 is 0 Å². The smallest absolute Gasteiger partial charge is 0.252 e. The Hall–Kier alpha value is -1.40. The van der Waals surface area contributed by atoms with Gasteiger partial charge in [-0.1, -0.05) is 12.1 Å². The Kier molecular flexibility index (Phi) is 4.55. The van der Waals surface area contributed by atoms with Crippen LogP contribution in [0.5, 0.6) is 0 Å². The summed E-state index contributed by atoms with van der Waals surface area (Å²) in [5.41, 5.74) is 0.497. The van der Waals surface area contributed by atoms with Crippen LogP contribution in [0, 0.1) is 0 Å². The van der Waals surface area contributed by atoms with Crippen molar-refractivity contribution in [1.29, 1.82) is 0 Å². The number of hydrogen-bond acceptors (Lipinski definition) is 3. The molecule has 1 unspecified atom stereocenters. The maximum absolute atomic E-state index is 11.9. The van der Waals surface area contributed by atoms with Crippen LogP contribution < -0.4 is 5.32 Å². The first-order chi connectivity index (χ1) is 9.08. The van der Waals surface area contributed by atoms with Gasteiger partial charge in [-0.3, -0.25) is 9.59 Å². The monoisotopic (exact) mass is 326 g/mol. The Bertz CT molecular complexity index is 493. The van der Waals surface area contributed by atoms with E-state index in [1.54, 1.807) is 23.1 Å². The molecular formula is C13H15BrN2O3. The second-order valence-electron chi connectivity index (χ2n) is 4.44. The zero-order valence-corrected chi connectivity index (χ0v) is 11.9. The van der Waals surface area contributed by atoms with Gasteiger partial charge < -0.3 is 15.3 Å². The second-order valence-corrected chi connectivity index (χ2v) is 5.30. The quantitative estimate of drug-likeness (QED) is 0.862. The lowest BCUT2D eigenvalue weighted by Gasteiger charge is -2.15. The lowest BCUT2D eigenvalue weighted by Crippen LogP contribution is -2.39. The number of rotatable bonds is 3. The predicted molar refractivity (Wildman–Crippen MR) is 73.7 cm³/mol. The number of carbonyl (C=O) groups is 2. The minimum Gasteiger partial charge on any atom is -0.391 e. The molecule has 2 N–H and O–H groups in total. The number of β-amino-alcohol motifs (C(OH)–C–C–N with tert-alkyl or cyclic N) is 1. The topological polar surface area (TPSA) is 69.6 Å². The van der Waals surface area contributed by atoms with Gasteiger partial charge in [0.15, 0.2) is 0 Å². The number of nitrogens with one attached hydrogen (secondary N) is 1. The SMILES string of the molecule is O=C(NCC(=O)N1CCC(O)C1)c1ccccc1Br. The van der Waals surface area contributed by atoms with Gasteiger partial charge in [0.2, 0.25) is 5.91 Å². The molecule has 2 amide bonds. The van der Waals surface area contributed by atoms with Crippen molar-refractivity contribution in [3.8, 4) is 0 Å². The van der Waals surface area contributed by atoms with E-state index in [0.29, 0.717) is 29.5 Å². The highest BCUT2D eigenvalue weighted by Gasteiger charge is 2.24. The molecule has 0 bridgehead atoms. The molecule has 1 atom stereocenters. The molecule has 1 fully saturated rings. The molecule has 0 radical (unpaired) electrons. The van der Waals surface area contributed by atoms with Gasteiger partial charge in [0.1, 0.15) is 0 Å². The standard InChI is InChI=1S/C13H15BrN2O3/c14-11-4-2-1-3-10(11)13(19)15-7-12(18)16-6-5-9(17)8-16/h1-4,9,17H,5-8H2,(H,15,19). The normalized spacial score (nSPS) is 18.4. The van der Waals surface area contributed by atoms with Gasteiger partial charge in [-0.15, -0.1) is 0 Å². The fourth-order valence-corrected chi connectivity index (χ4v) is 2.44. The summed E-state index contributed by atoms with van der Waals surface area (Å²) in [4.78, 5) is 25.2. The van der Waals surface area contributed by atoms with Crippen molar-refractivity contribution in [2.75, 3.05) is 19.6 Å². The summed E-state index contributed by atoms with van der Waals surface area (Å²) in [6, 6.07) is 7.03. The van der Waals surface area contributed by atoms with E-state index in [4.69, 9.17) is 0 Å². The van der Waals surface area contributed by atoms with Gasteiger partial charge in [-0.05, 0) is 34.5 Å². The van der Waals surface area contributed by atoms with Crippen molar-refractivity contribution in [2.45, 2.75) is 12.5 Å². The third-order valence-electron chi connectivity index (χ3n) is 3.03. The van der Waals surface area contributed by atoms with E-state index in [1.165, 1.54) is 0 Å². The van der Waals surface area contributed by atoms with Crippen molar-refractivity contribution < 1.29 is 14.7 Å². The minimum atomic E-state index is -0.442. The Morgan fingerprint density at radius 3 is 2.79 bits per heavy atom. The number of halogens is 1. The third-order valence-corrected chi connectivity index (χ3v) is 3.73. The number of amides is 2. The van der Waals surface area contributed by atoms with Crippen molar-refractivity contribution >= 4 is 27.7 Å². The fourth-order valence-electron chi connectivity index (χ4n) is 1.98. The van der Waals surface area contributed by atoms with Gasteiger partial charge in [-0.25, -0.2) is 0 Å². The molecule has 1 aliphatic rings. The lowest BCUT2D eigenvalue weighted by atomic mass is 10.2. The van der Waals surface area contributed by atoms with Crippen molar-refractivity contribution in [3.63, 3.8) is 0 Å². The van der Waals surface area contributed by atoms with Gasteiger partial charge in [0.05, 0.1) is 18.2 Å². The number of nitrogens with zero attached hydrogens (tertiary/aromatic N) is 1. The number of aliphatic hydroxyl groups is 1. The van der Waals surface area contributed by atoms with E-state index in [-0.39, 0.29) is 18.4 Å². The molecule has 1 aromatic carbocycles. The van der Waals surface area contributed by atoms with Gasteiger partial charge >= 0.3 is 0 Å². The first-order valence-corrected chi connectivity index (χ1v) is 6.86. The number of hydrogen-bond donors (Lipinski definition) is 2. The highest BCUT2D eigenvalue weighted by Crippen LogP contribution is 2.15. The maximum Gasteiger partial charge on any atom is 0.252 e. The first kappa shape index (κ1) is 14.0. The average molecular weight is 327 g/mol. The predicted octanol–water partition coefficient (Wildman–Crippen LogP) is 0.772. The summed E-state index contributed by atoms with van der Waals surface area (Å²) < 4.78 is 0.691. The van der Waals surface area contributed by atoms with E-state index in [9.17, 15) is 14.7 Å². The van der Waals surface area contributed by atoms with Gasteiger partial charge in [0.25, 0.3) is 5.91 Å². The molecule has 19 heavy (non-hydrogen) atoms. The lowest BCUT2D eigenvalue weighted by molar-refractivity contribution is -0.129. The Morgan fingerprint density at radius 1 is 1.42 bits per heavy atom. The Morgan fingerprint density at radius 2 is 2.16 bits per heavy atom. The number of carbonyl (C=O) groups excluding carboxylic acids is 2. The summed E-state index contributed by atoms with van der Waals surface area (Å²) in [6.45, 7) is 0.849. The molecule has 0 saturated carbocycles. The molecule has 6 heteroatoms. The van der Waals surface area contributed by atoms with Crippen molar-refractivity contribution in [2.24, 2.45) is 0 Å². The van der Waals surface area contributed by atoms with Crippen LogP contribution in [0.2, 0.25) is 0 Å². The highest BCUT2D eigenvalue weighted by molar-refractivity contribution is 9.10. The molecule has 0 aliphatic carbocycles. The summed E-state index contributed by atoms with van der Waals surface area (Å²) in [5, 5.41) is 11.9. The van der Waals surface area contributed by atoms with Gasteiger partial charge in [-0.2, -0.15) is 0 Å². The summed E-state index contributed by atoms with van der Waals surface area (Å²) >= 11 is 3.29. The molecular weight excluding hydrogens is 312 g/mol. The number of benzene rings is 1. The zero-order chi connectivity index (χ0) is 13.8. The van der Waals surface area contributed by atoms with Crippen LogP contribution in [-0.2, 0) is 4.79 Å². The van der Waals surface area contributed by atoms with E-state index in [2.05, 4.69) is 21.2 Å². The summed E-state index contributed by atoms with van der Waals surface area (Å²) in [6.07, 6.45) is 0.159. The van der Waals surface area contributed by atoms with Crippen LogP contribution in [0.25, 0.3) is 0 Å². The minimum absolute atomic E-state index is 0.0487. The van der Waals surface area contributed by atoms with Crippen LogP contribution >= 0.6 is 15.9 Å². The van der Waals surface area contributed by atoms with E-state index in [0.717, 1.165) is 0 Å². The third kappa shape index (κ3) is 3.54. The Labute approximate surface area is 119 Å². The first-order valence-electron chi connectivity index (χ1n) is 6.06. The van der Waals surface area contributed by atoms with Crippen LogP contribution in [-0.4, -0.2) is 47.6 Å². The zero-order valence-electron chi connectivity index (χ0n) is 10.3. The number of likely N-dealkylation sites (tertiary alicyclic amines) is 1. The Balaban J connectivity index is 1.87. The van der Waals surface area contributed by atoms with Crippen molar-refractivity contribution in [1.82, 2.24) is 10.2 Å².